The van der Waals surface area contributed by atoms with Crippen molar-refractivity contribution in [2.75, 3.05) is 85.3 Å². The first-order chi connectivity index (χ1) is 20.4. The van der Waals surface area contributed by atoms with Crippen molar-refractivity contribution in [3.63, 3.8) is 0 Å². The summed E-state index contributed by atoms with van der Waals surface area (Å²) in [5.41, 5.74) is 1.82. The maximum atomic E-state index is 13.7. The molecule has 42 heavy (non-hydrogen) atoms. The van der Waals surface area contributed by atoms with Gasteiger partial charge < -0.3 is 29.2 Å². The van der Waals surface area contributed by atoms with Crippen LogP contribution in [0.3, 0.4) is 0 Å². The van der Waals surface area contributed by atoms with Crippen LogP contribution in [0, 0.1) is 0 Å². The second-order valence-corrected chi connectivity index (χ2v) is 10.4. The summed E-state index contributed by atoms with van der Waals surface area (Å²) >= 11 is 0. The van der Waals surface area contributed by atoms with Gasteiger partial charge in [0.15, 0.2) is 0 Å². The van der Waals surface area contributed by atoms with Crippen LogP contribution >= 0.6 is 0 Å². The van der Waals surface area contributed by atoms with E-state index in [9.17, 15) is 14.4 Å². The van der Waals surface area contributed by atoms with Crippen molar-refractivity contribution in [1.82, 2.24) is 9.80 Å². The molecule has 1 heterocycles. The highest BCUT2D eigenvalue weighted by Crippen LogP contribution is 2.39. The van der Waals surface area contributed by atoms with E-state index in [-0.39, 0.29) is 37.4 Å². The Morgan fingerprint density at radius 3 is 2.31 bits per heavy atom. The van der Waals surface area contributed by atoms with E-state index in [1.807, 2.05) is 55.4 Å². The Kier molecular flexibility index (Phi) is 11.7. The predicted octanol–water partition coefficient (Wildman–Crippen LogP) is 3.96. The smallest absolute Gasteiger partial charge is 0.308 e. The van der Waals surface area contributed by atoms with Crippen LogP contribution in [0.2, 0.25) is 0 Å². The molecule has 0 aromatic heterocycles. The minimum Gasteiger partial charge on any atom is -0.464 e. The van der Waals surface area contributed by atoms with Gasteiger partial charge in [-0.25, -0.2) is 0 Å². The van der Waals surface area contributed by atoms with Crippen molar-refractivity contribution >= 4 is 45.0 Å². The summed E-state index contributed by atoms with van der Waals surface area (Å²) in [7, 11) is 3.83. The Morgan fingerprint density at radius 2 is 1.57 bits per heavy atom. The summed E-state index contributed by atoms with van der Waals surface area (Å²) < 4.78 is 21.5. The van der Waals surface area contributed by atoms with Gasteiger partial charge >= 0.3 is 5.97 Å². The first-order valence-electron chi connectivity index (χ1n) is 14.5. The Labute approximate surface area is 246 Å². The van der Waals surface area contributed by atoms with Gasteiger partial charge in [-0.15, -0.1) is 0 Å². The molecule has 0 spiro atoms. The summed E-state index contributed by atoms with van der Waals surface area (Å²) in [6.07, 6.45) is 1.14. The summed E-state index contributed by atoms with van der Waals surface area (Å²) in [6.45, 7) is 6.42. The van der Waals surface area contributed by atoms with E-state index < -0.39 is 0 Å². The van der Waals surface area contributed by atoms with Crippen molar-refractivity contribution in [2.24, 2.45) is 0 Å². The molecule has 4 rings (SSSR count). The Balaban J connectivity index is 1.33. The van der Waals surface area contributed by atoms with Gasteiger partial charge in [0, 0.05) is 48.3 Å². The number of likely N-dealkylation sites (N-methyl/N-ethyl adjacent to an activating group) is 1. The molecule has 3 aromatic rings. The Morgan fingerprint density at radius 1 is 0.857 bits per heavy atom. The topological polar surface area (TPSA) is 107 Å². The van der Waals surface area contributed by atoms with Crippen LogP contribution in [0.25, 0.3) is 21.5 Å². The van der Waals surface area contributed by atoms with Crippen LogP contribution in [0.4, 0.5) is 5.69 Å². The lowest BCUT2D eigenvalue weighted by molar-refractivity contribution is -0.144. The molecule has 0 atom stereocenters. The minimum absolute atomic E-state index is 0.154. The maximum Gasteiger partial charge on any atom is 0.308 e. The molecule has 3 aromatic carbocycles. The minimum atomic E-state index is -0.345. The monoisotopic (exact) mass is 579 g/mol. The first kappa shape index (κ1) is 31.4. The molecule has 0 radical (unpaired) electrons. The van der Waals surface area contributed by atoms with Crippen LogP contribution in [-0.4, -0.2) is 108 Å². The van der Waals surface area contributed by atoms with Crippen LogP contribution in [0.5, 0.6) is 0 Å². The van der Waals surface area contributed by atoms with Gasteiger partial charge in [-0.05, 0) is 49.5 Å². The van der Waals surface area contributed by atoms with Crippen molar-refractivity contribution < 1.29 is 33.3 Å². The number of fused-ring (bicyclic) bond motifs is 2. The zero-order valence-corrected chi connectivity index (χ0v) is 24.8. The third-order valence-corrected chi connectivity index (χ3v) is 6.95. The van der Waals surface area contributed by atoms with E-state index in [1.54, 1.807) is 6.07 Å². The standard InChI is InChI=1S/C32H41N3O7/c1-4-15-39-18-20-41-21-19-40-16-11-28(36)42-17-12-33-27-10-9-25-29-26(27)22-23-7-5-6-8-24(23)30(29)32(38)35(31(25)37)14-13-34(2)3/h5-10,22,33H,4,11-21H2,1-3H3. The zero-order valence-electron chi connectivity index (χ0n) is 24.8. The molecule has 10 nitrogen and oxygen atoms in total. The summed E-state index contributed by atoms with van der Waals surface area (Å²) in [6, 6.07) is 13.3. The Bertz CT molecular complexity index is 1390. The summed E-state index contributed by atoms with van der Waals surface area (Å²) in [5, 5.41) is 6.49. The molecule has 0 bridgehead atoms. The number of imide groups is 1. The van der Waals surface area contributed by atoms with Crippen molar-refractivity contribution in [3.8, 4) is 0 Å². The number of benzene rings is 3. The highest BCUT2D eigenvalue weighted by atomic mass is 16.5. The number of nitrogens with zero attached hydrogens (tertiary/aromatic N) is 2. The van der Waals surface area contributed by atoms with E-state index in [4.69, 9.17) is 18.9 Å². The molecule has 0 aliphatic carbocycles. The fraction of sp³-hybridized carbons (Fsp3) is 0.469. The molecule has 226 valence electrons. The number of amides is 2. The molecular weight excluding hydrogens is 538 g/mol. The second-order valence-electron chi connectivity index (χ2n) is 10.4. The third kappa shape index (κ3) is 7.83. The molecule has 2 amide bonds. The lowest BCUT2D eigenvalue weighted by Crippen LogP contribution is -2.43. The molecule has 1 N–H and O–H groups in total. The average Bonchev–Trinajstić information content (AvgIpc) is 2.98. The van der Waals surface area contributed by atoms with E-state index in [0.29, 0.717) is 62.6 Å². The molecular formula is C32H41N3O7. The zero-order chi connectivity index (χ0) is 29.9. The average molecular weight is 580 g/mol. The highest BCUT2D eigenvalue weighted by molar-refractivity contribution is 6.31. The normalized spacial score (nSPS) is 13.0. The Hall–Kier alpha value is -3.57. The van der Waals surface area contributed by atoms with Gasteiger partial charge in [-0.3, -0.25) is 19.3 Å². The van der Waals surface area contributed by atoms with Gasteiger partial charge in [-0.1, -0.05) is 31.2 Å². The largest absolute Gasteiger partial charge is 0.464 e. The van der Waals surface area contributed by atoms with Crippen molar-refractivity contribution in [3.05, 3.63) is 53.6 Å². The van der Waals surface area contributed by atoms with Crippen LogP contribution in [-0.2, 0) is 23.7 Å². The van der Waals surface area contributed by atoms with Crippen molar-refractivity contribution in [2.45, 2.75) is 19.8 Å². The number of nitrogens with one attached hydrogen (secondary N) is 1. The second kappa shape index (κ2) is 15.6. The van der Waals surface area contributed by atoms with E-state index in [0.717, 1.165) is 34.9 Å². The van der Waals surface area contributed by atoms with Gasteiger partial charge in [0.2, 0.25) is 0 Å². The molecule has 10 heteroatoms. The predicted molar refractivity (Wildman–Crippen MR) is 162 cm³/mol. The molecule has 0 unspecified atom stereocenters. The third-order valence-electron chi connectivity index (χ3n) is 6.95. The fourth-order valence-corrected chi connectivity index (χ4v) is 4.87. The molecule has 1 aliphatic heterocycles. The number of hydrogen-bond acceptors (Lipinski definition) is 9. The lowest BCUT2D eigenvalue weighted by Gasteiger charge is -2.29. The van der Waals surface area contributed by atoms with Crippen LogP contribution in [0.1, 0.15) is 40.5 Å². The van der Waals surface area contributed by atoms with E-state index in [1.165, 1.54) is 4.90 Å². The van der Waals surface area contributed by atoms with Crippen molar-refractivity contribution in [1.29, 1.82) is 0 Å². The SMILES string of the molecule is CCCOCCOCCOCCC(=O)OCCNc1ccc2c3c(c4ccccc4cc13)C(=O)N(CCN(C)C)C2=O. The number of rotatable bonds is 18. The van der Waals surface area contributed by atoms with Gasteiger partial charge in [0.25, 0.3) is 11.8 Å². The van der Waals surface area contributed by atoms with E-state index >= 15 is 0 Å². The number of carbonyl (C=O) groups excluding carboxylic acids is 3. The molecule has 1 aliphatic rings. The summed E-state index contributed by atoms with van der Waals surface area (Å²) in [4.78, 5) is 42.5. The number of anilines is 1. The summed E-state index contributed by atoms with van der Waals surface area (Å²) in [5.74, 6) is -0.913. The van der Waals surface area contributed by atoms with E-state index in [2.05, 4.69) is 12.2 Å². The molecule has 0 saturated carbocycles. The number of carbonyl (C=O) groups is 3. The highest BCUT2D eigenvalue weighted by Gasteiger charge is 2.34. The quantitative estimate of drug-likeness (QED) is 0.104. The van der Waals surface area contributed by atoms with Gasteiger partial charge in [0.05, 0.1) is 45.0 Å². The molecule has 0 saturated heterocycles. The number of esters is 1. The molecule has 0 fully saturated rings. The fourth-order valence-electron chi connectivity index (χ4n) is 4.87. The van der Waals surface area contributed by atoms with Gasteiger partial charge in [-0.2, -0.15) is 0 Å². The number of ether oxygens (including phenoxy) is 4. The lowest BCUT2D eigenvalue weighted by atomic mass is 9.88. The van der Waals surface area contributed by atoms with Gasteiger partial charge in [0.1, 0.15) is 6.61 Å². The first-order valence-corrected chi connectivity index (χ1v) is 14.5. The maximum absolute atomic E-state index is 13.7. The number of hydrogen-bond donors (Lipinski definition) is 1. The van der Waals surface area contributed by atoms with Crippen LogP contribution in [0.15, 0.2) is 42.5 Å². The van der Waals surface area contributed by atoms with Crippen LogP contribution < -0.4 is 5.32 Å².